The quantitative estimate of drug-likeness (QED) is 0.659. The van der Waals surface area contributed by atoms with Crippen molar-refractivity contribution in [2.45, 2.75) is 31.9 Å². The molecule has 7 nitrogen and oxygen atoms in total. The fraction of sp³-hybridized carbons (Fsp3) is 0.500. The van der Waals surface area contributed by atoms with Crippen LogP contribution in [-0.4, -0.2) is 41.9 Å². The van der Waals surface area contributed by atoms with Gasteiger partial charge in [-0.2, -0.15) is 0 Å². The maximum atomic E-state index is 14.4. The van der Waals surface area contributed by atoms with Crippen molar-refractivity contribution >= 4 is 5.69 Å². The van der Waals surface area contributed by atoms with E-state index in [1.54, 1.807) is 6.92 Å². The van der Waals surface area contributed by atoms with Crippen molar-refractivity contribution in [2.24, 2.45) is 5.92 Å². The summed E-state index contributed by atoms with van der Waals surface area (Å²) in [5.41, 5.74) is -0.460. The molecule has 0 unspecified atom stereocenters. The smallest absolute Gasteiger partial charge is 0.400 e. The molecule has 28 heavy (non-hydrogen) atoms. The number of piperidine rings is 1. The molecular weight excluding hydrogens is 391 g/mol. The first-order chi connectivity index (χ1) is 13.1. The SMILES string of the molecule is C[C@H](Nc1cc(-c2n[nH]c(=O)o2)cc(F)c1OC(F)(F)F)[C@H]1CCNC[C@H]1F. The molecule has 0 spiro atoms. The largest absolute Gasteiger partial charge is 0.573 e. The normalized spacial score (nSPS) is 21.4. The second kappa shape index (κ2) is 7.78. The number of anilines is 1. The number of hydrogen-bond donors (Lipinski definition) is 3. The molecule has 0 saturated carbocycles. The number of aromatic nitrogens is 2. The van der Waals surface area contributed by atoms with E-state index in [1.165, 1.54) is 0 Å². The van der Waals surface area contributed by atoms with Crippen molar-refractivity contribution in [1.82, 2.24) is 15.5 Å². The minimum absolute atomic E-state index is 0.0952. The summed E-state index contributed by atoms with van der Waals surface area (Å²) >= 11 is 0. The van der Waals surface area contributed by atoms with Crippen LogP contribution in [0.25, 0.3) is 11.5 Å². The van der Waals surface area contributed by atoms with Gasteiger partial charge >= 0.3 is 12.1 Å². The van der Waals surface area contributed by atoms with Crippen molar-refractivity contribution in [3.8, 4) is 17.2 Å². The summed E-state index contributed by atoms with van der Waals surface area (Å²) in [6, 6.07) is 1.15. The Morgan fingerprint density at radius 3 is 2.75 bits per heavy atom. The van der Waals surface area contributed by atoms with E-state index >= 15 is 0 Å². The highest BCUT2D eigenvalue weighted by molar-refractivity contribution is 5.68. The van der Waals surface area contributed by atoms with Gasteiger partial charge in [0, 0.05) is 24.1 Å². The van der Waals surface area contributed by atoms with Gasteiger partial charge in [0.15, 0.2) is 11.6 Å². The number of ether oxygens (including phenoxy) is 1. The van der Waals surface area contributed by atoms with Crippen LogP contribution in [0, 0.1) is 11.7 Å². The summed E-state index contributed by atoms with van der Waals surface area (Å²) in [7, 11) is 0. The minimum Gasteiger partial charge on any atom is -0.400 e. The molecule has 1 aliphatic rings. The Labute approximate surface area is 155 Å². The molecule has 2 aromatic rings. The lowest BCUT2D eigenvalue weighted by Gasteiger charge is -2.33. The van der Waals surface area contributed by atoms with E-state index in [2.05, 4.69) is 20.5 Å². The van der Waals surface area contributed by atoms with Crippen LogP contribution in [0.1, 0.15) is 13.3 Å². The Morgan fingerprint density at radius 2 is 2.14 bits per heavy atom. The van der Waals surface area contributed by atoms with Gasteiger partial charge < -0.3 is 19.8 Å². The molecule has 3 N–H and O–H groups in total. The number of hydrogen-bond acceptors (Lipinski definition) is 6. The van der Waals surface area contributed by atoms with Crippen LogP contribution >= 0.6 is 0 Å². The number of rotatable bonds is 5. The lowest BCUT2D eigenvalue weighted by atomic mass is 9.89. The zero-order valence-electron chi connectivity index (χ0n) is 14.6. The molecule has 3 atom stereocenters. The van der Waals surface area contributed by atoms with Gasteiger partial charge in [-0.1, -0.05) is 0 Å². The first kappa shape index (κ1) is 20.1. The van der Waals surface area contributed by atoms with E-state index in [0.717, 1.165) is 6.07 Å². The third-order valence-corrected chi connectivity index (χ3v) is 4.43. The Morgan fingerprint density at radius 1 is 1.39 bits per heavy atom. The average Bonchev–Trinajstić information content (AvgIpc) is 3.03. The van der Waals surface area contributed by atoms with Crippen molar-refractivity contribution in [1.29, 1.82) is 0 Å². The van der Waals surface area contributed by atoms with Crippen molar-refractivity contribution in [3.05, 3.63) is 28.5 Å². The topological polar surface area (TPSA) is 92.2 Å². The molecule has 0 aliphatic carbocycles. The second-order valence-electron chi connectivity index (χ2n) is 6.41. The first-order valence-electron chi connectivity index (χ1n) is 8.40. The Hall–Kier alpha value is -2.63. The Bertz CT molecular complexity index is 882. The summed E-state index contributed by atoms with van der Waals surface area (Å²) in [6.45, 7) is 2.25. The lowest BCUT2D eigenvalue weighted by Crippen LogP contribution is -2.44. The van der Waals surface area contributed by atoms with Crippen LogP contribution in [0.3, 0.4) is 0 Å². The molecule has 1 saturated heterocycles. The number of alkyl halides is 4. The summed E-state index contributed by atoms with van der Waals surface area (Å²) in [6.07, 6.45) is -5.92. The van der Waals surface area contributed by atoms with E-state index in [4.69, 9.17) is 4.42 Å². The van der Waals surface area contributed by atoms with Crippen LogP contribution in [0.5, 0.6) is 5.75 Å². The zero-order chi connectivity index (χ0) is 20.5. The third-order valence-electron chi connectivity index (χ3n) is 4.43. The van der Waals surface area contributed by atoms with Gasteiger partial charge in [0.25, 0.3) is 0 Å². The number of nitrogens with one attached hydrogen (secondary N) is 3. The van der Waals surface area contributed by atoms with Crippen LogP contribution < -0.4 is 21.1 Å². The molecule has 1 fully saturated rings. The molecule has 1 aliphatic heterocycles. The number of benzene rings is 1. The van der Waals surface area contributed by atoms with Gasteiger partial charge in [-0.25, -0.2) is 18.7 Å². The predicted octanol–water partition coefficient (Wildman–Crippen LogP) is 2.82. The van der Waals surface area contributed by atoms with Crippen molar-refractivity contribution < 1.29 is 31.1 Å². The molecule has 3 rings (SSSR count). The maximum Gasteiger partial charge on any atom is 0.573 e. The number of aromatic amines is 1. The molecule has 2 heterocycles. The van der Waals surface area contributed by atoms with E-state index < -0.39 is 41.8 Å². The maximum absolute atomic E-state index is 14.4. The summed E-state index contributed by atoms with van der Waals surface area (Å²) < 4.78 is 75.2. The minimum atomic E-state index is -5.14. The molecule has 1 aromatic heterocycles. The van der Waals surface area contributed by atoms with Crippen LogP contribution in [0.4, 0.5) is 27.6 Å². The number of halogens is 5. The standard InChI is InChI=1S/C16H17F5N4O3/c1-7(9-2-3-22-6-11(9)18)23-12-5-8(14-24-25-15(26)27-14)4-10(17)13(12)28-16(19,20)21/h4-5,7,9,11,22-23H,2-3,6H2,1H3,(H,25,26)/t7-,9+,11+/m0/s1. The van der Waals surface area contributed by atoms with Gasteiger partial charge in [0.2, 0.25) is 5.89 Å². The summed E-state index contributed by atoms with van der Waals surface area (Å²) in [5, 5.41) is 11.1. The van der Waals surface area contributed by atoms with Crippen LogP contribution in [0.15, 0.2) is 21.3 Å². The summed E-state index contributed by atoms with van der Waals surface area (Å²) in [5.74, 6) is -4.18. The molecule has 0 radical (unpaired) electrons. The Balaban J connectivity index is 1.97. The monoisotopic (exact) mass is 408 g/mol. The Kier molecular flexibility index (Phi) is 5.59. The fourth-order valence-corrected chi connectivity index (χ4v) is 3.15. The summed E-state index contributed by atoms with van der Waals surface area (Å²) in [4.78, 5) is 11.1. The van der Waals surface area contributed by atoms with Crippen LogP contribution in [0.2, 0.25) is 0 Å². The highest BCUT2D eigenvalue weighted by atomic mass is 19.4. The van der Waals surface area contributed by atoms with Gasteiger partial charge in [0.1, 0.15) is 6.17 Å². The van der Waals surface area contributed by atoms with E-state index in [9.17, 15) is 26.7 Å². The van der Waals surface area contributed by atoms with Crippen molar-refractivity contribution in [3.63, 3.8) is 0 Å². The van der Waals surface area contributed by atoms with Gasteiger partial charge in [0.05, 0.1) is 5.69 Å². The molecular formula is C16H17F5N4O3. The van der Waals surface area contributed by atoms with E-state index in [0.29, 0.717) is 19.0 Å². The second-order valence-corrected chi connectivity index (χ2v) is 6.41. The van der Waals surface area contributed by atoms with E-state index in [-0.39, 0.29) is 23.7 Å². The van der Waals surface area contributed by atoms with Crippen LogP contribution in [-0.2, 0) is 0 Å². The molecule has 0 bridgehead atoms. The first-order valence-corrected chi connectivity index (χ1v) is 8.40. The van der Waals surface area contributed by atoms with E-state index in [1.807, 2.05) is 5.10 Å². The molecule has 1 aromatic carbocycles. The van der Waals surface area contributed by atoms with Gasteiger partial charge in [-0.3, -0.25) is 0 Å². The highest BCUT2D eigenvalue weighted by Gasteiger charge is 2.35. The predicted molar refractivity (Wildman–Crippen MR) is 88.2 cm³/mol. The average molecular weight is 408 g/mol. The van der Waals surface area contributed by atoms with Gasteiger partial charge in [-0.15, -0.1) is 18.3 Å². The fourth-order valence-electron chi connectivity index (χ4n) is 3.15. The zero-order valence-corrected chi connectivity index (χ0v) is 14.6. The number of H-pyrrole nitrogens is 1. The highest BCUT2D eigenvalue weighted by Crippen LogP contribution is 2.37. The molecule has 154 valence electrons. The number of nitrogens with zero attached hydrogens (tertiary/aromatic N) is 1. The molecule has 0 amide bonds. The molecule has 12 heteroatoms. The lowest BCUT2D eigenvalue weighted by molar-refractivity contribution is -0.275. The van der Waals surface area contributed by atoms with Gasteiger partial charge in [-0.05, 0) is 32.0 Å². The van der Waals surface area contributed by atoms with Crippen molar-refractivity contribution in [2.75, 3.05) is 18.4 Å². The third kappa shape index (κ3) is 4.61.